The number of hydrogen-bond donors (Lipinski definition) is 1. The fourth-order valence-electron chi connectivity index (χ4n) is 0.721. The van der Waals surface area contributed by atoms with Gasteiger partial charge in [-0.15, -0.1) is 0 Å². The predicted octanol–water partition coefficient (Wildman–Crippen LogP) is 1.41. The van der Waals surface area contributed by atoms with Crippen molar-refractivity contribution in [3.05, 3.63) is 41.1 Å². The molecule has 1 aromatic carbocycles. The van der Waals surface area contributed by atoms with E-state index in [2.05, 4.69) is 0 Å². The molecule has 2 nitrogen and oxygen atoms in total. The van der Waals surface area contributed by atoms with E-state index >= 15 is 0 Å². The number of halogens is 1. The molecule has 0 aromatic heterocycles. The number of rotatable bonds is 2. The van der Waals surface area contributed by atoms with E-state index in [4.69, 9.17) is 0 Å². The maximum Gasteiger partial charge on any atom is 0.161 e. The second-order valence-electron chi connectivity index (χ2n) is 2.15. The van der Waals surface area contributed by atoms with Gasteiger partial charge in [0.25, 0.3) is 0 Å². The number of hydrogen-bond acceptors (Lipinski definition) is 2. The third-order valence-corrected chi connectivity index (χ3v) is 1.65. The van der Waals surface area contributed by atoms with Crippen LogP contribution in [0.25, 0.3) is 6.08 Å². The fraction of sp³-hybridized carbons (Fsp3) is 0. The molecule has 0 saturated heterocycles. The maximum atomic E-state index is 12.3. The van der Waals surface area contributed by atoms with Crippen molar-refractivity contribution >= 4 is 16.8 Å². The van der Waals surface area contributed by atoms with Crippen molar-refractivity contribution in [1.29, 1.82) is 0 Å². The van der Waals surface area contributed by atoms with Crippen LogP contribution in [0, 0.1) is 5.82 Å². The van der Waals surface area contributed by atoms with E-state index in [-0.39, 0.29) is 5.82 Å². The highest BCUT2D eigenvalue weighted by atomic mass is 32.2. The van der Waals surface area contributed by atoms with Gasteiger partial charge in [-0.1, -0.05) is 12.1 Å². The van der Waals surface area contributed by atoms with Crippen molar-refractivity contribution in [3.8, 4) is 0 Å². The van der Waals surface area contributed by atoms with Crippen LogP contribution in [0.4, 0.5) is 4.39 Å². The highest BCUT2D eigenvalue weighted by molar-refractivity contribution is 7.75. The lowest BCUT2D eigenvalue weighted by molar-refractivity contribution is 0.622. The fourth-order valence-corrected chi connectivity index (χ4v) is 1.01. The summed E-state index contributed by atoms with van der Waals surface area (Å²) in [6.45, 7) is 0. The SMILES string of the molecule is O=[SH](=O)/C=C/c1ccc(F)cc1. The van der Waals surface area contributed by atoms with Crippen LogP contribution in [0.15, 0.2) is 29.7 Å². The molecule has 0 aliphatic carbocycles. The first-order chi connectivity index (χ1) is 5.68. The molecule has 0 bridgehead atoms. The first-order valence-corrected chi connectivity index (χ1v) is 4.50. The lowest BCUT2D eigenvalue weighted by Gasteiger charge is -1.89. The predicted molar refractivity (Wildman–Crippen MR) is 45.7 cm³/mol. The van der Waals surface area contributed by atoms with Crippen molar-refractivity contribution in [2.45, 2.75) is 0 Å². The Morgan fingerprint density at radius 3 is 2.25 bits per heavy atom. The molecule has 1 aromatic rings. The number of benzene rings is 1. The molecule has 12 heavy (non-hydrogen) atoms. The van der Waals surface area contributed by atoms with E-state index in [1.165, 1.54) is 30.3 Å². The molecule has 0 radical (unpaired) electrons. The summed E-state index contributed by atoms with van der Waals surface area (Å²) in [6, 6.07) is 5.56. The van der Waals surface area contributed by atoms with Crippen LogP contribution in [0.5, 0.6) is 0 Å². The molecule has 0 aliphatic heterocycles. The van der Waals surface area contributed by atoms with Crippen molar-refractivity contribution in [2.24, 2.45) is 0 Å². The Hall–Kier alpha value is -1.16. The molecule has 0 heterocycles. The third-order valence-electron chi connectivity index (χ3n) is 1.26. The Labute approximate surface area is 71.3 Å². The van der Waals surface area contributed by atoms with Crippen LogP contribution in [0.3, 0.4) is 0 Å². The molecule has 0 aliphatic rings. The van der Waals surface area contributed by atoms with Gasteiger partial charge in [0.15, 0.2) is 10.7 Å². The molecule has 0 unspecified atom stereocenters. The van der Waals surface area contributed by atoms with Gasteiger partial charge in [-0.2, -0.15) is 0 Å². The Kier molecular flexibility index (Phi) is 2.99. The zero-order chi connectivity index (χ0) is 8.97. The molecule has 64 valence electrons. The molecular formula is C8H7FO2S. The highest BCUT2D eigenvalue weighted by Crippen LogP contribution is 2.04. The second-order valence-corrected chi connectivity index (χ2v) is 3.02. The maximum absolute atomic E-state index is 12.3. The molecule has 0 fully saturated rings. The van der Waals surface area contributed by atoms with Gasteiger partial charge in [0.2, 0.25) is 0 Å². The summed E-state index contributed by atoms with van der Waals surface area (Å²) in [7, 11) is -2.51. The molecule has 4 heteroatoms. The average molecular weight is 186 g/mol. The van der Waals surface area contributed by atoms with Crippen LogP contribution in [-0.4, -0.2) is 8.42 Å². The summed E-state index contributed by atoms with van der Waals surface area (Å²) in [5.41, 5.74) is 0.663. The molecule has 0 atom stereocenters. The van der Waals surface area contributed by atoms with E-state index in [1.54, 1.807) is 0 Å². The van der Waals surface area contributed by atoms with E-state index < -0.39 is 10.7 Å². The van der Waals surface area contributed by atoms with Gasteiger partial charge in [0, 0.05) is 5.41 Å². The van der Waals surface area contributed by atoms with Crippen LogP contribution < -0.4 is 0 Å². The van der Waals surface area contributed by atoms with Crippen LogP contribution in [0.2, 0.25) is 0 Å². The smallest absolute Gasteiger partial charge is 0.161 e. The van der Waals surface area contributed by atoms with Gasteiger partial charge in [-0.3, -0.25) is 0 Å². The zero-order valence-corrected chi connectivity index (χ0v) is 7.00. The topological polar surface area (TPSA) is 34.1 Å². The van der Waals surface area contributed by atoms with Gasteiger partial charge in [0.1, 0.15) is 5.82 Å². The third kappa shape index (κ3) is 2.84. The van der Waals surface area contributed by atoms with Gasteiger partial charge in [-0.25, -0.2) is 12.8 Å². The Morgan fingerprint density at radius 1 is 1.17 bits per heavy atom. The second kappa shape index (κ2) is 4.01. The normalized spacial score (nSPS) is 11.2. The summed E-state index contributed by atoms with van der Waals surface area (Å²) in [4.78, 5) is 0. The summed E-state index contributed by atoms with van der Waals surface area (Å²) < 4.78 is 32.6. The summed E-state index contributed by atoms with van der Waals surface area (Å²) in [6.07, 6.45) is 1.41. The molecule has 0 N–H and O–H groups in total. The van der Waals surface area contributed by atoms with Gasteiger partial charge in [-0.05, 0) is 23.8 Å². The Morgan fingerprint density at radius 2 is 1.75 bits per heavy atom. The monoisotopic (exact) mass is 186 g/mol. The minimum absolute atomic E-state index is 0.335. The lowest BCUT2D eigenvalue weighted by Crippen LogP contribution is -1.74. The lowest BCUT2D eigenvalue weighted by atomic mass is 10.2. The van der Waals surface area contributed by atoms with Crippen molar-refractivity contribution in [2.75, 3.05) is 0 Å². The van der Waals surface area contributed by atoms with Crippen molar-refractivity contribution in [1.82, 2.24) is 0 Å². The number of thiol groups is 1. The molecule has 0 spiro atoms. The Balaban J connectivity index is 2.84. The van der Waals surface area contributed by atoms with Crippen LogP contribution >= 0.6 is 0 Å². The first kappa shape index (κ1) is 8.93. The first-order valence-electron chi connectivity index (χ1n) is 3.26. The van der Waals surface area contributed by atoms with Gasteiger partial charge in [0.05, 0.1) is 0 Å². The quantitative estimate of drug-likeness (QED) is 0.708. The summed E-state index contributed by atoms with van der Waals surface area (Å²) in [5, 5.41) is 1.04. The molecule has 0 amide bonds. The van der Waals surface area contributed by atoms with Crippen molar-refractivity contribution < 1.29 is 12.8 Å². The highest BCUT2D eigenvalue weighted by Gasteiger charge is 1.87. The van der Waals surface area contributed by atoms with E-state index in [9.17, 15) is 12.8 Å². The van der Waals surface area contributed by atoms with Gasteiger partial charge >= 0.3 is 0 Å². The van der Waals surface area contributed by atoms with Crippen molar-refractivity contribution in [3.63, 3.8) is 0 Å². The van der Waals surface area contributed by atoms with Gasteiger partial charge < -0.3 is 0 Å². The van der Waals surface area contributed by atoms with E-state index in [0.29, 0.717) is 5.56 Å². The van der Waals surface area contributed by atoms with Crippen LogP contribution in [-0.2, 0) is 10.7 Å². The summed E-state index contributed by atoms with van der Waals surface area (Å²) >= 11 is 0. The minimum atomic E-state index is -2.51. The standard InChI is InChI=1S/C8H7FO2S/c9-8-3-1-7(2-4-8)5-6-12(10)11/h1-6,12H/b6-5+. The molecular weight excluding hydrogens is 179 g/mol. The zero-order valence-electron chi connectivity index (χ0n) is 6.11. The molecule has 0 saturated carbocycles. The Bertz CT molecular complexity index is 344. The summed E-state index contributed by atoms with van der Waals surface area (Å²) in [5.74, 6) is -0.335. The molecule has 1 rings (SSSR count). The minimum Gasteiger partial charge on any atom is -0.227 e. The van der Waals surface area contributed by atoms with E-state index in [0.717, 1.165) is 5.41 Å². The average Bonchev–Trinajstić information content (AvgIpc) is 2.03. The van der Waals surface area contributed by atoms with E-state index in [1.807, 2.05) is 0 Å². The van der Waals surface area contributed by atoms with Crippen LogP contribution in [0.1, 0.15) is 5.56 Å². The largest absolute Gasteiger partial charge is 0.227 e.